The quantitative estimate of drug-likeness (QED) is 0.637. The number of amides is 2. The monoisotopic (exact) mass is 296 g/mol. The summed E-state index contributed by atoms with van der Waals surface area (Å²) in [5.41, 5.74) is 5.11. The number of carboxylic acids is 1. The van der Waals surface area contributed by atoms with E-state index in [0.717, 1.165) is 0 Å². The lowest BCUT2D eigenvalue weighted by Gasteiger charge is -2.14. The van der Waals surface area contributed by atoms with E-state index in [-0.39, 0.29) is 5.56 Å². The van der Waals surface area contributed by atoms with Crippen molar-refractivity contribution in [1.82, 2.24) is 5.32 Å². The minimum absolute atomic E-state index is 0.170. The molecule has 0 aliphatic carbocycles. The maximum absolute atomic E-state index is 12.0. The summed E-state index contributed by atoms with van der Waals surface area (Å²) in [4.78, 5) is 33.7. The van der Waals surface area contributed by atoms with Crippen LogP contribution >= 0.6 is 0 Å². The molecular formula is C13H16N2O6. The van der Waals surface area contributed by atoms with Gasteiger partial charge in [-0.2, -0.15) is 0 Å². The second-order valence-electron chi connectivity index (χ2n) is 4.10. The molecule has 0 aliphatic heterocycles. The van der Waals surface area contributed by atoms with E-state index < -0.39 is 30.2 Å². The van der Waals surface area contributed by atoms with Crippen molar-refractivity contribution in [3.05, 3.63) is 23.8 Å². The second-order valence-corrected chi connectivity index (χ2v) is 4.10. The number of hydrogen-bond donors (Lipinski definition) is 3. The SMILES string of the molecule is COc1ccc(C(=O)N[C@H](CC(N)=O)C(=O)O)cc1OC. The Balaban J connectivity index is 2.92. The molecule has 1 atom stereocenters. The number of benzene rings is 1. The Morgan fingerprint density at radius 2 is 1.86 bits per heavy atom. The van der Waals surface area contributed by atoms with E-state index >= 15 is 0 Å². The number of carbonyl (C=O) groups excluding carboxylic acids is 2. The number of nitrogens with two attached hydrogens (primary N) is 1. The number of rotatable bonds is 7. The molecule has 0 aromatic heterocycles. The number of carbonyl (C=O) groups is 3. The molecule has 2 amide bonds. The van der Waals surface area contributed by atoms with E-state index in [0.29, 0.717) is 11.5 Å². The number of nitrogens with one attached hydrogen (secondary N) is 1. The average Bonchev–Trinajstić information content (AvgIpc) is 2.45. The molecule has 0 aliphatic rings. The fourth-order valence-electron chi connectivity index (χ4n) is 1.62. The van der Waals surface area contributed by atoms with Gasteiger partial charge in [-0.05, 0) is 18.2 Å². The van der Waals surface area contributed by atoms with Gasteiger partial charge in [0.15, 0.2) is 11.5 Å². The summed E-state index contributed by atoms with van der Waals surface area (Å²) >= 11 is 0. The van der Waals surface area contributed by atoms with Crippen molar-refractivity contribution in [2.75, 3.05) is 14.2 Å². The summed E-state index contributed by atoms with van der Waals surface area (Å²) in [6.45, 7) is 0. The van der Waals surface area contributed by atoms with Crippen molar-refractivity contribution in [1.29, 1.82) is 0 Å². The number of carboxylic acid groups (broad SMARTS) is 1. The molecule has 0 unspecified atom stereocenters. The van der Waals surface area contributed by atoms with Crippen LogP contribution in [0.1, 0.15) is 16.8 Å². The first-order chi connectivity index (χ1) is 9.88. The van der Waals surface area contributed by atoms with E-state index in [4.69, 9.17) is 20.3 Å². The van der Waals surface area contributed by atoms with Crippen LogP contribution in [-0.2, 0) is 9.59 Å². The molecule has 0 radical (unpaired) electrons. The molecule has 0 heterocycles. The van der Waals surface area contributed by atoms with Crippen LogP contribution in [0.25, 0.3) is 0 Å². The lowest BCUT2D eigenvalue weighted by molar-refractivity contribution is -0.140. The van der Waals surface area contributed by atoms with Crippen LogP contribution in [0.2, 0.25) is 0 Å². The smallest absolute Gasteiger partial charge is 0.326 e. The summed E-state index contributed by atoms with van der Waals surface area (Å²) in [7, 11) is 2.86. The molecular weight excluding hydrogens is 280 g/mol. The zero-order valence-corrected chi connectivity index (χ0v) is 11.6. The highest BCUT2D eigenvalue weighted by Gasteiger charge is 2.23. The van der Waals surface area contributed by atoms with Crippen LogP contribution < -0.4 is 20.5 Å². The van der Waals surface area contributed by atoms with Gasteiger partial charge in [0, 0.05) is 5.56 Å². The standard InChI is InChI=1S/C13H16N2O6/c1-20-9-4-3-7(5-10(9)21-2)12(17)15-8(13(18)19)6-11(14)16/h3-5,8H,6H2,1-2H3,(H2,14,16)(H,15,17)(H,18,19)/t8-/m1/s1. The summed E-state index contributed by atoms with van der Waals surface area (Å²) in [6, 6.07) is 2.97. The molecule has 8 nitrogen and oxygen atoms in total. The molecule has 4 N–H and O–H groups in total. The molecule has 1 rings (SSSR count). The molecule has 0 saturated carbocycles. The Bertz CT molecular complexity index is 558. The van der Waals surface area contributed by atoms with E-state index in [9.17, 15) is 14.4 Å². The van der Waals surface area contributed by atoms with Crippen molar-refractivity contribution in [2.24, 2.45) is 5.73 Å². The number of aliphatic carboxylic acids is 1. The third-order valence-electron chi connectivity index (χ3n) is 2.65. The van der Waals surface area contributed by atoms with E-state index in [1.165, 1.54) is 32.4 Å². The molecule has 1 aromatic rings. The van der Waals surface area contributed by atoms with Gasteiger partial charge in [0.1, 0.15) is 6.04 Å². The van der Waals surface area contributed by atoms with Gasteiger partial charge in [-0.3, -0.25) is 9.59 Å². The van der Waals surface area contributed by atoms with E-state index in [1.54, 1.807) is 0 Å². The summed E-state index contributed by atoms with van der Waals surface area (Å²) in [5.74, 6) is -2.07. The summed E-state index contributed by atoms with van der Waals surface area (Å²) in [5, 5.41) is 11.2. The highest BCUT2D eigenvalue weighted by molar-refractivity contribution is 5.98. The maximum Gasteiger partial charge on any atom is 0.326 e. The molecule has 114 valence electrons. The van der Waals surface area contributed by atoms with Gasteiger partial charge in [-0.15, -0.1) is 0 Å². The van der Waals surface area contributed by atoms with Crippen molar-refractivity contribution >= 4 is 17.8 Å². The highest BCUT2D eigenvalue weighted by Crippen LogP contribution is 2.27. The molecule has 0 fully saturated rings. The van der Waals surface area contributed by atoms with Crippen LogP contribution in [0.15, 0.2) is 18.2 Å². The first-order valence-corrected chi connectivity index (χ1v) is 5.93. The number of primary amides is 1. The number of methoxy groups -OCH3 is 2. The van der Waals surface area contributed by atoms with Crippen LogP contribution in [0.5, 0.6) is 11.5 Å². The van der Waals surface area contributed by atoms with Gasteiger partial charge in [0.05, 0.1) is 20.6 Å². The first-order valence-electron chi connectivity index (χ1n) is 5.93. The van der Waals surface area contributed by atoms with E-state index in [2.05, 4.69) is 5.32 Å². The van der Waals surface area contributed by atoms with Gasteiger partial charge in [-0.25, -0.2) is 4.79 Å². The second kappa shape index (κ2) is 7.13. The molecule has 0 spiro atoms. The Morgan fingerprint density at radius 1 is 1.24 bits per heavy atom. The zero-order chi connectivity index (χ0) is 16.0. The van der Waals surface area contributed by atoms with Crippen molar-refractivity contribution < 1.29 is 29.0 Å². The predicted octanol–water partition coefficient (Wildman–Crippen LogP) is -0.238. The lowest BCUT2D eigenvalue weighted by Crippen LogP contribution is -2.43. The molecule has 0 bridgehead atoms. The molecule has 1 aromatic carbocycles. The summed E-state index contributed by atoms with van der Waals surface area (Å²) in [6.07, 6.45) is -0.492. The fourth-order valence-corrected chi connectivity index (χ4v) is 1.62. The van der Waals surface area contributed by atoms with Gasteiger partial charge >= 0.3 is 5.97 Å². The summed E-state index contributed by atoms with van der Waals surface area (Å²) < 4.78 is 10.1. The Morgan fingerprint density at radius 3 is 2.33 bits per heavy atom. The topological polar surface area (TPSA) is 128 Å². The molecule has 0 saturated heterocycles. The third-order valence-corrected chi connectivity index (χ3v) is 2.65. The molecule has 8 heteroatoms. The van der Waals surface area contributed by atoms with Gasteiger partial charge in [-0.1, -0.05) is 0 Å². The van der Waals surface area contributed by atoms with Crippen molar-refractivity contribution in [3.8, 4) is 11.5 Å². The maximum atomic E-state index is 12.0. The zero-order valence-electron chi connectivity index (χ0n) is 11.6. The largest absolute Gasteiger partial charge is 0.493 e. The molecule has 21 heavy (non-hydrogen) atoms. The fraction of sp³-hybridized carbons (Fsp3) is 0.308. The number of ether oxygens (including phenoxy) is 2. The number of hydrogen-bond acceptors (Lipinski definition) is 5. The minimum Gasteiger partial charge on any atom is -0.493 e. The lowest BCUT2D eigenvalue weighted by atomic mass is 10.1. The highest BCUT2D eigenvalue weighted by atomic mass is 16.5. The Labute approximate surface area is 120 Å². The first kappa shape index (κ1) is 16.3. The van der Waals surface area contributed by atoms with Crippen LogP contribution in [0.3, 0.4) is 0 Å². The Kier molecular flexibility index (Phi) is 5.53. The normalized spacial score (nSPS) is 11.3. The van der Waals surface area contributed by atoms with Crippen molar-refractivity contribution in [2.45, 2.75) is 12.5 Å². The van der Waals surface area contributed by atoms with Crippen LogP contribution in [0.4, 0.5) is 0 Å². The third kappa shape index (κ3) is 4.37. The minimum atomic E-state index is -1.39. The van der Waals surface area contributed by atoms with Crippen molar-refractivity contribution in [3.63, 3.8) is 0 Å². The Hall–Kier alpha value is -2.77. The van der Waals surface area contributed by atoms with Gasteiger partial charge in [0.2, 0.25) is 5.91 Å². The predicted molar refractivity (Wildman–Crippen MR) is 72.2 cm³/mol. The van der Waals surface area contributed by atoms with Gasteiger partial charge in [0.25, 0.3) is 5.91 Å². The average molecular weight is 296 g/mol. The van der Waals surface area contributed by atoms with E-state index in [1.807, 2.05) is 0 Å². The van der Waals surface area contributed by atoms with Gasteiger partial charge < -0.3 is 25.6 Å². The van der Waals surface area contributed by atoms with Crippen LogP contribution in [-0.4, -0.2) is 43.2 Å². The van der Waals surface area contributed by atoms with Crippen LogP contribution in [0, 0.1) is 0 Å².